The van der Waals surface area contributed by atoms with E-state index in [1.807, 2.05) is 31.3 Å². The van der Waals surface area contributed by atoms with E-state index in [9.17, 15) is 4.79 Å². The predicted octanol–water partition coefficient (Wildman–Crippen LogP) is 6.00. The number of thioether (sulfide) groups is 1. The highest BCUT2D eigenvalue weighted by atomic mass is 35.5. The van der Waals surface area contributed by atoms with Gasteiger partial charge in [0.1, 0.15) is 6.29 Å². The first-order valence-electron chi connectivity index (χ1n) is 8.61. The lowest BCUT2D eigenvalue weighted by molar-refractivity contribution is -0.105. The van der Waals surface area contributed by atoms with Crippen molar-refractivity contribution in [2.45, 2.75) is 4.90 Å². The Hall–Kier alpha value is -2.43. The molecule has 0 atom stereocenters. The van der Waals surface area contributed by atoms with Crippen LogP contribution in [0.2, 0.25) is 5.02 Å². The molecule has 0 fully saturated rings. The van der Waals surface area contributed by atoms with Crippen LogP contribution in [0.15, 0.2) is 71.6 Å². The van der Waals surface area contributed by atoms with Gasteiger partial charge in [-0.15, -0.1) is 11.8 Å². The van der Waals surface area contributed by atoms with Gasteiger partial charge in [0.2, 0.25) is 0 Å². The van der Waals surface area contributed by atoms with Crippen LogP contribution in [0.1, 0.15) is 0 Å². The number of para-hydroxylation sites is 1. The van der Waals surface area contributed by atoms with E-state index in [4.69, 9.17) is 11.6 Å². The van der Waals surface area contributed by atoms with Crippen LogP contribution < -0.4 is 5.32 Å². The van der Waals surface area contributed by atoms with Crippen LogP contribution in [0.5, 0.6) is 0 Å². The van der Waals surface area contributed by atoms with Gasteiger partial charge < -0.3 is 14.7 Å². The summed E-state index contributed by atoms with van der Waals surface area (Å²) in [4.78, 5) is 11.6. The first-order chi connectivity index (χ1) is 13.1. The van der Waals surface area contributed by atoms with Crippen molar-refractivity contribution in [1.82, 2.24) is 4.57 Å². The zero-order valence-corrected chi connectivity index (χ0v) is 16.8. The quantitative estimate of drug-likeness (QED) is 0.339. The van der Waals surface area contributed by atoms with Crippen LogP contribution in [0.3, 0.4) is 0 Å². The van der Waals surface area contributed by atoms with Gasteiger partial charge in [-0.2, -0.15) is 0 Å². The van der Waals surface area contributed by atoms with E-state index >= 15 is 0 Å². The zero-order valence-electron chi connectivity index (χ0n) is 15.3. The number of anilines is 1. The third-order valence-corrected chi connectivity index (χ3v) is 5.48. The zero-order chi connectivity index (χ0) is 19.2. The average Bonchev–Trinajstić information content (AvgIpc) is 3.00. The number of aldehydes is 1. The molecular weight excluding hydrogens is 376 g/mol. The molecule has 0 unspecified atom stereocenters. The van der Waals surface area contributed by atoms with Crippen molar-refractivity contribution in [2.75, 3.05) is 18.1 Å². The standard InChI is InChI=1S/C15H13NOS.C7H8ClN/c1-16-14-5-3-2-4-12(14)13-7-6-11(10-15(13)16)18-9-8-17;1-9-7-4-2-6(8)3-5-7/h2-8,10H,9H2,1H3;2-5,9H,1H3. The number of carbonyl (C=O) groups excluding carboxylic acids is 1. The largest absolute Gasteiger partial charge is 0.388 e. The molecule has 0 spiro atoms. The Morgan fingerprint density at radius 1 is 1.00 bits per heavy atom. The van der Waals surface area contributed by atoms with Gasteiger partial charge >= 0.3 is 0 Å². The van der Waals surface area contributed by atoms with Gasteiger partial charge in [-0.25, -0.2) is 0 Å². The molecule has 138 valence electrons. The van der Waals surface area contributed by atoms with Gasteiger partial charge in [0.15, 0.2) is 0 Å². The maximum absolute atomic E-state index is 10.4. The fraction of sp³-hybridized carbons (Fsp3) is 0.136. The summed E-state index contributed by atoms with van der Waals surface area (Å²) in [6.45, 7) is 0. The molecular formula is C22H21ClN2OS. The Bertz CT molecular complexity index is 1060. The Balaban J connectivity index is 0.000000197. The van der Waals surface area contributed by atoms with Crippen molar-refractivity contribution >= 4 is 57.1 Å². The number of aromatic nitrogens is 1. The summed E-state index contributed by atoms with van der Waals surface area (Å²) >= 11 is 7.21. The van der Waals surface area contributed by atoms with Crippen molar-refractivity contribution in [2.24, 2.45) is 7.05 Å². The van der Waals surface area contributed by atoms with Crippen LogP contribution in [-0.4, -0.2) is 23.7 Å². The van der Waals surface area contributed by atoms with E-state index in [2.05, 4.69) is 59.4 Å². The van der Waals surface area contributed by atoms with Gasteiger partial charge in [0.05, 0.1) is 5.75 Å². The molecule has 0 bridgehead atoms. The van der Waals surface area contributed by atoms with Crippen molar-refractivity contribution < 1.29 is 4.79 Å². The minimum absolute atomic E-state index is 0.509. The Labute approximate surface area is 168 Å². The van der Waals surface area contributed by atoms with Crippen LogP contribution >= 0.6 is 23.4 Å². The summed E-state index contributed by atoms with van der Waals surface area (Å²) in [6.07, 6.45) is 0.941. The number of aryl methyl sites for hydroxylation is 1. The minimum Gasteiger partial charge on any atom is -0.388 e. The Kier molecular flexibility index (Phi) is 6.43. The average molecular weight is 397 g/mol. The van der Waals surface area contributed by atoms with Crippen molar-refractivity contribution in [3.63, 3.8) is 0 Å². The molecule has 5 heteroatoms. The molecule has 0 aliphatic carbocycles. The fourth-order valence-electron chi connectivity index (χ4n) is 2.98. The lowest BCUT2D eigenvalue weighted by Crippen LogP contribution is -1.86. The molecule has 0 aliphatic heterocycles. The topological polar surface area (TPSA) is 34.0 Å². The maximum Gasteiger partial charge on any atom is 0.130 e. The van der Waals surface area contributed by atoms with Gasteiger partial charge in [-0.05, 0) is 42.5 Å². The number of nitrogens with zero attached hydrogens (tertiary/aromatic N) is 1. The van der Waals surface area contributed by atoms with Gasteiger partial charge in [-0.1, -0.05) is 35.9 Å². The van der Waals surface area contributed by atoms with Crippen LogP contribution in [0.4, 0.5) is 5.69 Å². The summed E-state index contributed by atoms with van der Waals surface area (Å²) in [6, 6.07) is 22.4. The Morgan fingerprint density at radius 2 is 1.70 bits per heavy atom. The number of fused-ring (bicyclic) bond motifs is 3. The molecule has 3 nitrogen and oxygen atoms in total. The molecule has 1 aromatic heterocycles. The van der Waals surface area contributed by atoms with E-state index in [1.165, 1.54) is 21.8 Å². The molecule has 1 heterocycles. The monoisotopic (exact) mass is 396 g/mol. The SMILES string of the molecule is CNc1ccc(Cl)cc1.Cn1c2ccccc2c2ccc(SCC=O)cc21. The van der Waals surface area contributed by atoms with E-state index in [0.717, 1.165) is 21.9 Å². The number of rotatable bonds is 4. The molecule has 0 amide bonds. The number of benzene rings is 3. The van der Waals surface area contributed by atoms with Crippen LogP contribution in [-0.2, 0) is 11.8 Å². The lowest BCUT2D eigenvalue weighted by Gasteiger charge is -2.00. The molecule has 1 N–H and O–H groups in total. The summed E-state index contributed by atoms with van der Waals surface area (Å²) in [5, 5.41) is 6.31. The van der Waals surface area contributed by atoms with E-state index in [0.29, 0.717) is 5.75 Å². The summed E-state index contributed by atoms with van der Waals surface area (Å²) < 4.78 is 2.20. The molecule has 4 aromatic rings. The van der Waals surface area contributed by atoms with E-state index in [1.54, 1.807) is 11.8 Å². The molecule has 4 rings (SSSR count). The number of carbonyl (C=O) groups is 1. The highest BCUT2D eigenvalue weighted by Crippen LogP contribution is 2.31. The second kappa shape index (κ2) is 8.98. The van der Waals surface area contributed by atoms with Crippen molar-refractivity contribution in [3.8, 4) is 0 Å². The normalized spacial score (nSPS) is 10.5. The number of nitrogens with one attached hydrogen (secondary N) is 1. The Morgan fingerprint density at radius 3 is 2.41 bits per heavy atom. The van der Waals surface area contributed by atoms with Crippen LogP contribution in [0.25, 0.3) is 21.8 Å². The molecule has 0 radical (unpaired) electrons. The third kappa shape index (κ3) is 4.46. The molecule has 0 saturated carbocycles. The lowest BCUT2D eigenvalue weighted by atomic mass is 10.2. The smallest absolute Gasteiger partial charge is 0.130 e. The van der Waals surface area contributed by atoms with Crippen LogP contribution in [0, 0.1) is 0 Å². The van der Waals surface area contributed by atoms with Crippen molar-refractivity contribution in [1.29, 1.82) is 0 Å². The second-order valence-electron chi connectivity index (χ2n) is 5.99. The predicted molar refractivity (Wildman–Crippen MR) is 118 cm³/mol. The summed E-state index contributed by atoms with van der Waals surface area (Å²) in [5.41, 5.74) is 3.54. The minimum atomic E-state index is 0.509. The van der Waals surface area contributed by atoms with Crippen molar-refractivity contribution in [3.05, 3.63) is 71.8 Å². The molecule has 0 aliphatic rings. The molecule has 3 aromatic carbocycles. The van der Waals surface area contributed by atoms with Gasteiger partial charge in [0, 0.05) is 51.5 Å². The number of hydrogen-bond acceptors (Lipinski definition) is 3. The number of halogens is 1. The molecule has 0 saturated heterocycles. The highest BCUT2D eigenvalue weighted by Gasteiger charge is 2.07. The van der Waals surface area contributed by atoms with Gasteiger partial charge in [-0.3, -0.25) is 0 Å². The van der Waals surface area contributed by atoms with E-state index in [-0.39, 0.29) is 0 Å². The maximum atomic E-state index is 10.4. The first-order valence-corrected chi connectivity index (χ1v) is 9.97. The fourth-order valence-corrected chi connectivity index (χ4v) is 3.72. The highest BCUT2D eigenvalue weighted by molar-refractivity contribution is 7.99. The first kappa shape index (κ1) is 19.3. The third-order valence-electron chi connectivity index (χ3n) is 4.34. The molecule has 27 heavy (non-hydrogen) atoms. The number of hydrogen-bond donors (Lipinski definition) is 1. The van der Waals surface area contributed by atoms with E-state index < -0.39 is 0 Å². The summed E-state index contributed by atoms with van der Waals surface area (Å²) in [7, 11) is 3.96. The second-order valence-corrected chi connectivity index (χ2v) is 7.52. The summed E-state index contributed by atoms with van der Waals surface area (Å²) in [5.74, 6) is 0.509. The van der Waals surface area contributed by atoms with Gasteiger partial charge in [0.25, 0.3) is 0 Å².